The first kappa shape index (κ1) is 20.9. The highest BCUT2D eigenvalue weighted by Gasteiger charge is 2.17. The summed E-state index contributed by atoms with van der Waals surface area (Å²) >= 11 is 1.50. The largest absolute Gasteiger partial charge is 0.341 e. The van der Waals surface area contributed by atoms with Crippen molar-refractivity contribution in [2.75, 3.05) is 24.7 Å². The van der Waals surface area contributed by atoms with Gasteiger partial charge in [-0.15, -0.1) is 11.8 Å². The molecule has 1 heterocycles. The Bertz CT molecular complexity index is 998. The molecule has 1 aromatic heterocycles. The summed E-state index contributed by atoms with van der Waals surface area (Å²) in [6.45, 7) is 6.01. The van der Waals surface area contributed by atoms with Crippen LogP contribution in [0.5, 0.6) is 0 Å². The standard InChI is InChI=1S/C22H26N4O2S/c1-14-8-7-11-17(15(14)2)23-20(27)12-26(4)21(28)13-29-16(3)22-24-18-9-5-6-10-19(18)25-22/h5-11,16H,12-13H2,1-4H3,(H,23,27)(H,24,25). The highest BCUT2D eigenvalue weighted by molar-refractivity contribution is 8.00. The maximum absolute atomic E-state index is 12.5. The van der Waals surface area contributed by atoms with Crippen LogP contribution in [0.4, 0.5) is 5.69 Å². The smallest absolute Gasteiger partial charge is 0.243 e. The molecule has 0 aliphatic heterocycles. The molecule has 152 valence electrons. The van der Waals surface area contributed by atoms with Gasteiger partial charge in [0.05, 0.1) is 28.6 Å². The number of nitrogens with zero attached hydrogens (tertiary/aromatic N) is 2. The summed E-state index contributed by atoms with van der Waals surface area (Å²) in [5.41, 5.74) is 4.83. The second-order valence-electron chi connectivity index (χ2n) is 7.14. The van der Waals surface area contributed by atoms with Gasteiger partial charge in [-0.05, 0) is 50.1 Å². The van der Waals surface area contributed by atoms with Gasteiger partial charge in [-0.3, -0.25) is 9.59 Å². The summed E-state index contributed by atoms with van der Waals surface area (Å²) < 4.78 is 0. The van der Waals surface area contributed by atoms with Crippen molar-refractivity contribution in [1.29, 1.82) is 0 Å². The Morgan fingerprint density at radius 3 is 2.69 bits per heavy atom. The molecule has 29 heavy (non-hydrogen) atoms. The van der Waals surface area contributed by atoms with Crippen molar-refractivity contribution >= 4 is 40.3 Å². The van der Waals surface area contributed by atoms with Crippen molar-refractivity contribution in [3.05, 3.63) is 59.4 Å². The van der Waals surface area contributed by atoms with E-state index in [1.54, 1.807) is 7.05 Å². The normalized spacial score (nSPS) is 12.0. The van der Waals surface area contributed by atoms with E-state index < -0.39 is 0 Å². The minimum Gasteiger partial charge on any atom is -0.341 e. The highest BCUT2D eigenvalue weighted by atomic mass is 32.2. The van der Waals surface area contributed by atoms with Gasteiger partial charge in [0, 0.05) is 12.7 Å². The minimum atomic E-state index is -0.204. The van der Waals surface area contributed by atoms with Crippen LogP contribution in [0, 0.1) is 13.8 Å². The number of nitrogens with one attached hydrogen (secondary N) is 2. The molecule has 3 aromatic rings. The van der Waals surface area contributed by atoms with Gasteiger partial charge in [0.15, 0.2) is 0 Å². The summed E-state index contributed by atoms with van der Waals surface area (Å²) in [4.78, 5) is 34.1. The number of hydrogen-bond donors (Lipinski definition) is 2. The van der Waals surface area contributed by atoms with E-state index in [4.69, 9.17) is 0 Å². The Kier molecular flexibility index (Phi) is 6.59. The third-order valence-electron chi connectivity index (χ3n) is 4.93. The SMILES string of the molecule is Cc1cccc(NC(=O)CN(C)C(=O)CSC(C)c2nc3ccccc3[nH]2)c1C. The van der Waals surface area contributed by atoms with E-state index in [9.17, 15) is 9.59 Å². The van der Waals surface area contributed by atoms with E-state index in [2.05, 4.69) is 15.3 Å². The number of rotatable bonds is 7. The average molecular weight is 411 g/mol. The number of carbonyl (C=O) groups excluding carboxylic acids is 2. The number of thioether (sulfide) groups is 1. The number of anilines is 1. The molecule has 0 spiro atoms. The minimum absolute atomic E-state index is 0.0196. The molecule has 7 heteroatoms. The van der Waals surface area contributed by atoms with E-state index in [0.717, 1.165) is 33.7 Å². The first-order valence-corrected chi connectivity index (χ1v) is 10.6. The van der Waals surface area contributed by atoms with Crippen LogP contribution >= 0.6 is 11.8 Å². The maximum atomic E-state index is 12.5. The number of likely N-dealkylation sites (N-methyl/N-ethyl adjacent to an activating group) is 1. The Balaban J connectivity index is 1.50. The third kappa shape index (κ3) is 5.17. The highest BCUT2D eigenvalue weighted by Crippen LogP contribution is 2.27. The van der Waals surface area contributed by atoms with Crippen molar-refractivity contribution in [3.63, 3.8) is 0 Å². The molecule has 0 fully saturated rings. The van der Waals surface area contributed by atoms with Crippen molar-refractivity contribution < 1.29 is 9.59 Å². The molecule has 2 aromatic carbocycles. The summed E-state index contributed by atoms with van der Waals surface area (Å²) in [5.74, 6) is 0.837. The van der Waals surface area contributed by atoms with Gasteiger partial charge in [0.1, 0.15) is 5.82 Å². The Morgan fingerprint density at radius 1 is 1.17 bits per heavy atom. The number of amides is 2. The number of benzene rings is 2. The van der Waals surface area contributed by atoms with Gasteiger partial charge in [-0.1, -0.05) is 24.3 Å². The number of para-hydroxylation sites is 2. The molecular formula is C22H26N4O2S. The molecule has 1 atom stereocenters. The lowest BCUT2D eigenvalue weighted by molar-refractivity contribution is -0.131. The molecule has 6 nitrogen and oxygen atoms in total. The average Bonchev–Trinajstić information content (AvgIpc) is 3.13. The van der Waals surface area contributed by atoms with E-state index in [1.807, 2.05) is 63.2 Å². The lowest BCUT2D eigenvalue weighted by Crippen LogP contribution is -2.36. The van der Waals surface area contributed by atoms with Crippen LogP contribution < -0.4 is 5.32 Å². The predicted molar refractivity (Wildman–Crippen MR) is 119 cm³/mol. The molecule has 2 N–H and O–H groups in total. The van der Waals surface area contributed by atoms with Crippen LogP contribution in [0.15, 0.2) is 42.5 Å². The van der Waals surface area contributed by atoms with E-state index in [0.29, 0.717) is 0 Å². The number of aromatic amines is 1. The van der Waals surface area contributed by atoms with Gasteiger partial charge in [-0.2, -0.15) is 0 Å². The Hall–Kier alpha value is -2.80. The molecule has 0 radical (unpaired) electrons. The molecular weight excluding hydrogens is 384 g/mol. The summed E-state index contributed by atoms with van der Waals surface area (Å²) in [7, 11) is 1.65. The quantitative estimate of drug-likeness (QED) is 0.615. The fraction of sp³-hybridized carbons (Fsp3) is 0.318. The van der Waals surface area contributed by atoms with Crippen LogP contribution in [-0.4, -0.2) is 46.0 Å². The van der Waals surface area contributed by atoms with Crippen LogP contribution in [0.1, 0.15) is 29.1 Å². The van der Waals surface area contributed by atoms with Crippen LogP contribution in [-0.2, 0) is 9.59 Å². The van der Waals surface area contributed by atoms with Crippen molar-refractivity contribution in [2.45, 2.75) is 26.0 Å². The molecule has 0 aliphatic carbocycles. The number of imidazole rings is 1. The predicted octanol–water partition coefficient (Wildman–Crippen LogP) is 4.07. The Labute approximate surface area is 175 Å². The monoisotopic (exact) mass is 410 g/mol. The van der Waals surface area contributed by atoms with E-state index >= 15 is 0 Å². The first-order chi connectivity index (χ1) is 13.8. The molecule has 0 saturated heterocycles. The second kappa shape index (κ2) is 9.13. The summed E-state index contributed by atoms with van der Waals surface area (Å²) in [6, 6.07) is 13.6. The topological polar surface area (TPSA) is 78.1 Å². The van der Waals surface area contributed by atoms with Crippen LogP contribution in [0.3, 0.4) is 0 Å². The van der Waals surface area contributed by atoms with Gasteiger partial charge in [0.2, 0.25) is 11.8 Å². The van der Waals surface area contributed by atoms with Crippen LogP contribution in [0.2, 0.25) is 0 Å². The van der Waals surface area contributed by atoms with Gasteiger partial charge in [-0.25, -0.2) is 4.98 Å². The molecule has 0 aliphatic rings. The van der Waals surface area contributed by atoms with Gasteiger partial charge >= 0.3 is 0 Å². The number of carbonyl (C=O) groups is 2. The molecule has 0 bridgehead atoms. The molecule has 0 saturated carbocycles. The van der Waals surface area contributed by atoms with Gasteiger partial charge in [0.25, 0.3) is 0 Å². The fourth-order valence-electron chi connectivity index (χ4n) is 2.93. The summed E-state index contributed by atoms with van der Waals surface area (Å²) in [6.07, 6.45) is 0. The zero-order valence-corrected chi connectivity index (χ0v) is 18.0. The zero-order valence-electron chi connectivity index (χ0n) is 17.2. The van der Waals surface area contributed by atoms with Crippen molar-refractivity contribution in [1.82, 2.24) is 14.9 Å². The van der Waals surface area contributed by atoms with Crippen molar-refractivity contribution in [2.24, 2.45) is 0 Å². The summed E-state index contributed by atoms with van der Waals surface area (Å²) in [5, 5.41) is 2.93. The van der Waals surface area contributed by atoms with E-state index in [-0.39, 0.29) is 29.4 Å². The fourth-order valence-corrected chi connectivity index (χ4v) is 3.81. The van der Waals surface area contributed by atoms with Crippen LogP contribution in [0.25, 0.3) is 11.0 Å². The number of aromatic nitrogens is 2. The number of fused-ring (bicyclic) bond motifs is 1. The van der Waals surface area contributed by atoms with Gasteiger partial charge < -0.3 is 15.2 Å². The number of aryl methyl sites for hydroxylation is 1. The molecule has 3 rings (SSSR count). The number of hydrogen-bond acceptors (Lipinski definition) is 4. The molecule has 1 unspecified atom stereocenters. The second-order valence-corrected chi connectivity index (χ2v) is 8.47. The maximum Gasteiger partial charge on any atom is 0.243 e. The third-order valence-corrected chi connectivity index (χ3v) is 6.07. The molecule has 2 amide bonds. The lowest BCUT2D eigenvalue weighted by atomic mass is 10.1. The van der Waals surface area contributed by atoms with Crippen molar-refractivity contribution in [3.8, 4) is 0 Å². The Morgan fingerprint density at radius 2 is 1.93 bits per heavy atom. The first-order valence-electron chi connectivity index (χ1n) is 9.51. The zero-order chi connectivity index (χ0) is 21.0. The number of H-pyrrole nitrogens is 1. The lowest BCUT2D eigenvalue weighted by Gasteiger charge is -2.18. The van der Waals surface area contributed by atoms with E-state index in [1.165, 1.54) is 16.7 Å².